The molecule has 2 N–H and O–H groups in total. The molecular formula is C9H11F4N3. The number of pyridine rings is 1. The van der Waals surface area contributed by atoms with Gasteiger partial charge in [0.05, 0.1) is 0 Å². The second-order valence-corrected chi connectivity index (χ2v) is 3.28. The molecule has 0 saturated heterocycles. The molecule has 1 aromatic rings. The third-order valence-electron chi connectivity index (χ3n) is 1.95. The number of anilines is 1. The third-order valence-corrected chi connectivity index (χ3v) is 1.95. The zero-order valence-corrected chi connectivity index (χ0v) is 8.55. The van der Waals surface area contributed by atoms with Crippen LogP contribution in [0.5, 0.6) is 0 Å². The molecule has 0 aliphatic rings. The van der Waals surface area contributed by atoms with Gasteiger partial charge in [-0.25, -0.2) is 9.37 Å². The molecule has 0 fully saturated rings. The minimum atomic E-state index is -4.40. The zero-order chi connectivity index (χ0) is 12.3. The fourth-order valence-corrected chi connectivity index (χ4v) is 1.24. The van der Waals surface area contributed by atoms with Crippen molar-refractivity contribution in [1.29, 1.82) is 0 Å². The van der Waals surface area contributed by atoms with Crippen LogP contribution in [0.15, 0.2) is 12.3 Å². The summed E-state index contributed by atoms with van der Waals surface area (Å²) in [6, 6.07) is 1.33. The van der Waals surface area contributed by atoms with E-state index in [1.807, 2.05) is 0 Å². The minimum absolute atomic E-state index is 0.0821. The predicted octanol–water partition coefficient (Wildman–Crippen LogP) is 1.68. The standard InChI is InChI=1S/C9H11F4N3/c1-16(5-9(11,12)13)8-7(10)6(4-14)2-3-15-8/h2-3H,4-5,14H2,1H3. The zero-order valence-electron chi connectivity index (χ0n) is 8.55. The number of alkyl halides is 3. The summed E-state index contributed by atoms with van der Waals surface area (Å²) in [5.41, 5.74) is 5.38. The van der Waals surface area contributed by atoms with Gasteiger partial charge in [0.1, 0.15) is 6.54 Å². The monoisotopic (exact) mass is 237 g/mol. The first-order valence-corrected chi connectivity index (χ1v) is 4.46. The number of rotatable bonds is 3. The molecule has 1 aromatic heterocycles. The molecule has 7 heteroatoms. The highest BCUT2D eigenvalue weighted by atomic mass is 19.4. The predicted molar refractivity (Wildman–Crippen MR) is 51.4 cm³/mol. The second kappa shape index (κ2) is 4.65. The molecule has 1 rings (SSSR count). The van der Waals surface area contributed by atoms with Crippen molar-refractivity contribution in [1.82, 2.24) is 4.98 Å². The van der Waals surface area contributed by atoms with Crippen molar-refractivity contribution in [2.24, 2.45) is 5.73 Å². The van der Waals surface area contributed by atoms with Gasteiger partial charge in [-0.05, 0) is 6.07 Å². The lowest BCUT2D eigenvalue weighted by molar-refractivity contribution is -0.119. The molecule has 0 radical (unpaired) electrons. The van der Waals surface area contributed by atoms with Crippen LogP contribution in [-0.2, 0) is 6.54 Å². The molecule has 1 heterocycles. The molecule has 0 aliphatic heterocycles. The molecule has 16 heavy (non-hydrogen) atoms. The second-order valence-electron chi connectivity index (χ2n) is 3.28. The average Bonchev–Trinajstić information content (AvgIpc) is 2.15. The van der Waals surface area contributed by atoms with E-state index >= 15 is 0 Å². The third kappa shape index (κ3) is 3.06. The van der Waals surface area contributed by atoms with Gasteiger partial charge in [-0.1, -0.05) is 0 Å². The van der Waals surface area contributed by atoms with E-state index in [-0.39, 0.29) is 17.9 Å². The summed E-state index contributed by atoms with van der Waals surface area (Å²) >= 11 is 0. The van der Waals surface area contributed by atoms with Crippen LogP contribution in [0.2, 0.25) is 0 Å². The van der Waals surface area contributed by atoms with Crippen LogP contribution < -0.4 is 10.6 Å². The summed E-state index contributed by atoms with van der Waals surface area (Å²) in [6.45, 7) is -1.34. The topological polar surface area (TPSA) is 42.2 Å². The number of nitrogens with zero attached hydrogens (tertiary/aromatic N) is 2. The van der Waals surface area contributed by atoms with Crippen LogP contribution in [-0.4, -0.2) is 24.8 Å². The molecule has 0 spiro atoms. The van der Waals surface area contributed by atoms with Crippen molar-refractivity contribution in [3.05, 3.63) is 23.6 Å². The van der Waals surface area contributed by atoms with Gasteiger partial charge >= 0.3 is 6.18 Å². The highest BCUT2D eigenvalue weighted by molar-refractivity contribution is 5.42. The van der Waals surface area contributed by atoms with E-state index in [2.05, 4.69) is 4.98 Å². The molecule has 3 nitrogen and oxygen atoms in total. The van der Waals surface area contributed by atoms with Gasteiger partial charge in [-0.2, -0.15) is 13.2 Å². The van der Waals surface area contributed by atoms with E-state index in [1.54, 1.807) is 0 Å². The molecule has 0 aliphatic carbocycles. The Balaban J connectivity index is 2.95. The number of aromatic nitrogens is 1. The normalized spacial score (nSPS) is 11.6. The fraction of sp³-hybridized carbons (Fsp3) is 0.444. The highest BCUT2D eigenvalue weighted by Gasteiger charge is 2.30. The van der Waals surface area contributed by atoms with Gasteiger partial charge in [0.25, 0.3) is 0 Å². The van der Waals surface area contributed by atoms with Crippen LogP contribution in [0.25, 0.3) is 0 Å². The molecular weight excluding hydrogens is 226 g/mol. The van der Waals surface area contributed by atoms with Crippen molar-refractivity contribution in [3.63, 3.8) is 0 Å². The summed E-state index contributed by atoms with van der Waals surface area (Å²) in [6.07, 6.45) is -3.17. The van der Waals surface area contributed by atoms with Gasteiger partial charge in [0, 0.05) is 25.4 Å². The molecule has 0 unspecified atom stereocenters. The van der Waals surface area contributed by atoms with Crippen LogP contribution in [0.3, 0.4) is 0 Å². The van der Waals surface area contributed by atoms with E-state index in [0.29, 0.717) is 4.90 Å². The Labute approximate surface area is 89.9 Å². The molecule has 0 saturated carbocycles. The summed E-state index contributed by atoms with van der Waals surface area (Å²) in [5.74, 6) is -1.16. The van der Waals surface area contributed by atoms with Crippen molar-refractivity contribution < 1.29 is 17.6 Å². The summed E-state index contributed by atoms with van der Waals surface area (Å²) in [4.78, 5) is 4.27. The van der Waals surface area contributed by atoms with Gasteiger partial charge in [0.2, 0.25) is 0 Å². The lowest BCUT2D eigenvalue weighted by atomic mass is 10.2. The maximum atomic E-state index is 13.5. The first kappa shape index (κ1) is 12.7. The number of nitrogens with two attached hydrogens (primary N) is 1. The van der Waals surface area contributed by atoms with Gasteiger partial charge in [-0.15, -0.1) is 0 Å². The van der Waals surface area contributed by atoms with Crippen LogP contribution >= 0.6 is 0 Å². The van der Waals surface area contributed by atoms with Gasteiger partial charge in [0.15, 0.2) is 11.6 Å². The van der Waals surface area contributed by atoms with Crippen LogP contribution in [0.4, 0.5) is 23.4 Å². The maximum absolute atomic E-state index is 13.5. The van der Waals surface area contributed by atoms with Crippen LogP contribution in [0, 0.1) is 5.82 Å². The Morgan fingerprint density at radius 3 is 2.56 bits per heavy atom. The molecule has 90 valence electrons. The average molecular weight is 237 g/mol. The van der Waals surface area contributed by atoms with E-state index in [9.17, 15) is 17.6 Å². The van der Waals surface area contributed by atoms with Gasteiger partial charge in [-0.3, -0.25) is 0 Å². The first-order chi connectivity index (χ1) is 7.35. The Morgan fingerprint density at radius 1 is 1.44 bits per heavy atom. The SMILES string of the molecule is CN(CC(F)(F)F)c1nccc(CN)c1F. The van der Waals surface area contributed by atoms with E-state index < -0.39 is 18.5 Å². The maximum Gasteiger partial charge on any atom is 0.405 e. The smallest absolute Gasteiger partial charge is 0.348 e. The lowest BCUT2D eigenvalue weighted by Crippen LogP contribution is -2.32. The van der Waals surface area contributed by atoms with Crippen LogP contribution in [0.1, 0.15) is 5.56 Å². The summed E-state index contributed by atoms with van der Waals surface area (Å²) < 4.78 is 49.8. The quantitative estimate of drug-likeness (QED) is 0.813. The summed E-state index contributed by atoms with van der Waals surface area (Å²) in [5, 5.41) is 0. The van der Waals surface area contributed by atoms with Crippen molar-refractivity contribution in [3.8, 4) is 0 Å². The number of hydrogen-bond acceptors (Lipinski definition) is 3. The van der Waals surface area contributed by atoms with Gasteiger partial charge < -0.3 is 10.6 Å². The Bertz CT molecular complexity index is 364. The lowest BCUT2D eigenvalue weighted by Gasteiger charge is -2.20. The number of hydrogen-bond donors (Lipinski definition) is 1. The first-order valence-electron chi connectivity index (χ1n) is 4.46. The summed E-state index contributed by atoms with van der Waals surface area (Å²) in [7, 11) is 1.12. The minimum Gasteiger partial charge on any atom is -0.348 e. The largest absolute Gasteiger partial charge is 0.405 e. The van der Waals surface area contributed by atoms with Crippen molar-refractivity contribution in [2.75, 3.05) is 18.5 Å². The van der Waals surface area contributed by atoms with Crippen molar-refractivity contribution >= 4 is 5.82 Å². The Morgan fingerprint density at radius 2 is 2.06 bits per heavy atom. The highest BCUT2D eigenvalue weighted by Crippen LogP contribution is 2.22. The van der Waals surface area contributed by atoms with Crippen molar-refractivity contribution in [2.45, 2.75) is 12.7 Å². The molecule has 0 bridgehead atoms. The Kier molecular flexibility index (Phi) is 3.69. The number of halogens is 4. The van der Waals surface area contributed by atoms with E-state index in [4.69, 9.17) is 5.73 Å². The fourth-order valence-electron chi connectivity index (χ4n) is 1.24. The molecule has 0 aromatic carbocycles. The molecule has 0 atom stereocenters. The van der Waals surface area contributed by atoms with E-state index in [1.165, 1.54) is 12.3 Å². The molecule has 0 amide bonds. The van der Waals surface area contributed by atoms with E-state index in [0.717, 1.165) is 7.05 Å². The Hall–Kier alpha value is -1.37.